The van der Waals surface area contributed by atoms with Gasteiger partial charge in [-0.05, 0) is 32.2 Å². The van der Waals surface area contributed by atoms with E-state index in [1.807, 2.05) is 0 Å². The van der Waals surface area contributed by atoms with Crippen LogP contribution in [0.15, 0.2) is 12.2 Å². The third-order valence-electron chi connectivity index (χ3n) is 2.45. The molecule has 1 nitrogen and oxygen atoms in total. The SMILES string of the molecule is C=C1C(C)CCCNC1C. The van der Waals surface area contributed by atoms with Crippen molar-refractivity contribution in [3.63, 3.8) is 0 Å². The van der Waals surface area contributed by atoms with Crippen LogP contribution < -0.4 is 5.32 Å². The molecule has 0 bridgehead atoms. The van der Waals surface area contributed by atoms with Crippen LogP contribution in [0.5, 0.6) is 0 Å². The molecule has 1 aliphatic heterocycles. The van der Waals surface area contributed by atoms with Gasteiger partial charge in [-0.3, -0.25) is 0 Å². The summed E-state index contributed by atoms with van der Waals surface area (Å²) in [5, 5.41) is 3.43. The summed E-state index contributed by atoms with van der Waals surface area (Å²) in [7, 11) is 0. The van der Waals surface area contributed by atoms with Crippen molar-refractivity contribution in [2.75, 3.05) is 6.54 Å². The van der Waals surface area contributed by atoms with Crippen molar-refractivity contribution >= 4 is 0 Å². The van der Waals surface area contributed by atoms with Gasteiger partial charge in [0, 0.05) is 6.04 Å². The van der Waals surface area contributed by atoms with E-state index in [2.05, 4.69) is 25.7 Å². The summed E-state index contributed by atoms with van der Waals surface area (Å²) in [5.74, 6) is 0.713. The minimum absolute atomic E-state index is 0.525. The highest BCUT2D eigenvalue weighted by Gasteiger charge is 2.15. The van der Waals surface area contributed by atoms with Gasteiger partial charge in [-0.15, -0.1) is 0 Å². The van der Waals surface area contributed by atoms with Crippen LogP contribution in [0, 0.1) is 5.92 Å². The van der Waals surface area contributed by atoms with Crippen molar-refractivity contribution in [3.05, 3.63) is 12.2 Å². The molecule has 2 unspecified atom stereocenters. The Balaban J connectivity index is 2.55. The van der Waals surface area contributed by atoms with Crippen molar-refractivity contribution < 1.29 is 0 Å². The highest BCUT2D eigenvalue weighted by Crippen LogP contribution is 2.20. The fourth-order valence-electron chi connectivity index (χ4n) is 1.47. The normalized spacial score (nSPS) is 35.6. The zero-order valence-electron chi connectivity index (χ0n) is 6.98. The summed E-state index contributed by atoms with van der Waals surface area (Å²) in [5.41, 5.74) is 1.37. The van der Waals surface area contributed by atoms with Gasteiger partial charge in [0.2, 0.25) is 0 Å². The number of hydrogen-bond donors (Lipinski definition) is 1. The standard InChI is InChI=1S/C9H17N/c1-7-5-4-6-10-9(3)8(7)2/h7,9-10H,2,4-6H2,1,3H3. The maximum Gasteiger partial charge on any atom is 0.0251 e. The molecule has 0 radical (unpaired) electrons. The van der Waals surface area contributed by atoms with E-state index in [1.165, 1.54) is 18.4 Å². The molecule has 1 aliphatic rings. The second kappa shape index (κ2) is 3.20. The molecule has 1 heteroatoms. The van der Waals surface area contributed by atoms with Crippen LogP contribution in [0.2, 0.25) is 0 Å². The molecular formula is C9H17N. The number of nitrogens with one attached hydrogen (secondary N) is 1. The fraction of sp³-hybridized carbons (Fsp3) is 0.778. The van der Waals surface area contributed by atoms with Gasteiger partial charge in [-0.1, -0.05) is 19.1 Å². The van der Waals surface area contributed by atoms with Crippen molar-refractivity contribution in [2.24, 2.45) is 5.92 Å². The maximum absolute atomic E-state index is 4.07. The fourth-order valence-corrected chi connectivity index (χ4v) is 1.47. The Kier molecular flexibility index (Phi) is 2.50. The van der Waals surface area contributed by atoms with Gasteiger partial charge in [0.15, 0.2) is 0 Å². The van der Waals surface area contributed by atoms with Crippen molar-refractivity contribution in [1.82, 2.24) is 5.32 Å². The van der Waals surface area contributed by atoms with E-state index in [1.54, 1.807) is 0 Å². The molecule has 0 saturated carbocycles. The zero-order valence-corrected chi connectivity index (χ0v) is 6.98. The van der Waals surface area contributed by atoms with Crippen LogP contribution in [0.4, 0.5) is 0 Å². The zero-order chi connectivity index (χ0) is 7.56. The summed E-state index contributed by atoms with van der Waals surface area (Å²) < 4.78 is 0. The summed E-state index contributed by atoms with van der Waals surface area (Å²) in [4.78, 5) is 0. The highest BCUT2D eigenvalue weighted by atomic mass is 14.9. The van der Waals surface area contributed by atoms with Gasteiger partial charge >= 0.3 is 0 Å². The minimum Gasteiger partial charge on any atom is -0.311 e. The van der Waals surface area contributed by atoms with Crippen molar-refractivity contribution in [1.29, 1.82) is 0 Å². The third-order valence-corrected chi connectivity index (χ3v) is 2.45. The van der Waals surface area contributed by atoms with Gasteiger partial charge in [0.25, 0.3) is 0 Å². The van der Waals surface area contributed by atoms with E-state index in [0.717, 1.165) is 6.54 Å². The Morgan fingerprint density at radius 2 is 2.20 bits per heavy atom. The van der Waals surface area contributed by atoms with E-state index in [9.17, 15) is 0 Å². The molecule has 10 heavy (non-hydrogen) atoms. The van der Waals surface area contributed by atoms with Gasteiger partial charge in [0.05, 0.1) is 0 Å². The Morgan fingerprint density at radius 1 is 1.50 bits per heavy atom. The van der Waals surface area contributed by atoms with E-state index < -0.39 is 0 Å². The largest absolute Gasteiger partial charge is 0.311 e. The van der Waals surface area contributed by atoms with Gasteiger partial charge < -0.3 is 5.32 Å². The van der Waals surface area contributed by atoms with Gasteiger partial charge in [-0.25, -0.2) is 0 Å². The average Bonchev–Trinajstić information content (AvgIpc) is 2.04. The molecule has 0 amide bonds. The Labute approximate surface area is 63.5 Å². The van der Waals surface area contributed by atoms with Crippen LogP contribution in [-0.4, -0.2) is 12.6 Å². The van der Waals surface area contributed by atoms with Gasteiger partial charge in [-0.2, -0.15) is 0 Å². The Hall–Kier alpha value is -0.300. The lowest BCUT2D eigenvalue weighted by Gasteiger charge is -2.16. The molecule has 1 rings (SSSR count). The summed E-state index contributed by atoms with van der Waals surface area (Å²) in [6, 6.07) is 0.525. The summed E-state index contributed by atoms with van der Waals surface area (Å²) >= 11 is 0. The first-order chi connectivity index (χ1) is 4.72. The molecule has 0 aromatic rings. The Morgan fingerprint density at radius 3 is 2.90 bits per heavy atom. The predicted octanol–water partition coefficient (Wildman–Crippen LogP) is 1.95. The average molecular weight is 139 g/mol. The molecular weight excluding hydrogens is 122 g/mol. The predicted molar refractivity (Wildman–Crippen MR) is 45.0 cm³/mol. The van der Waals surface area contributed by atoms with E-state index in [4.69, 9.17) is 0 Å². The molecule has 1 heterocycles. The molecule has 2 atom stereocenters. The highest BCUT2D eigenvalue weighted by molar-refractivity contribution is 5.08. The Bertz CT molecular complexity index is 115. The van der Waals surface area contributed by atoms with Crippen LogP contribution >= 0.6 is 0 Å². The first kappa shape index (κ1) is 7.80. The van der Waals surface area contributed by atoms with E-state index in [-0.39, 0.29) is 0 Å². The van der Waals surface area contributed by atoms with E-state index in [0.29, 0.717) is 12.0 Å². The lowest BCUT2D eigenvalue weighted by atomic mass is 9.95. The molecule has 0 aliphatic carbocycles. The van der Waals surface area contributed by atoms with E-state index >= 15 is 0 Å². The van der Waals surface area contributed by atoms with Crippen molar-refractivity contribution in [2.45, 2.75) is 32.7 Å². The lowest BCUT2D eigenvalue weighted by molar-refractivity contribution is 0.600. The minimum atomic E-state index is 0.525. The monoisotopic (exact) mass is 139 g/mol. The van der Waals surface area contributed by atoms with Crippen LogP contribution in [0.3, 0.4) is 0 Å². The molecule has 0 aromatic heterocycles. The topological polar surface area (TPSA) is 12.0 Å². The second-order valence-electron chi connectivity index (χ2n) is 3.29. The smallest absolute Gasteiger partial charge is 0.0251 e. The first-order valence-corrected chi connectivity index (χ1v) is 4.14. The van der Waals surface area contributed by atoms with Crippen LogP contribution in [0.1, 0.15) is 26.7 Å². The summed E-state index contributed by atoms with van der Waals surface area (Å²) in [6.07, 6.45) is 2.60. The molecule has 1 N–H and O–H groups in total. The van der Waals surface area contributed by atoms with Gasteiger partial charge in [0.1, 0.15) is 0 Å². The van der Waals surface area contributed by atoms with Crippen molar-refractivity contribution in [3.8, 4) is 0 Å². The first-order valence-electron chi connectivity index (χ1n) is 4.14. The maximum atomic E-state index is 4.07. The summed E-state index contributed by atoms with van der Waals surface area (Å²) in [6.45, 7) is 9.70. The molecule has 0 aromatic carbocycles. The molecule has 1 saturated heterocycles. The molecule has 58 valence electrons. The third kappa shape index (κ3) is 1.60. The lowest BCUT2D eigenvalue weighted by Crippen LogP contribution is -2.27. The van der Waals surface area contributed by atoms with Crippen LogP contribution in [-0.2, 0) is 0 Å². The molecule has 0 spiro atoms. The van der Waals surface area contributed by atoms with Crippen LogP contribution in [0.25, 0.3) is 0 Å². The quantitative estimate of drug-likeness (QED) is 0.506. The second-order valence-corrected chi connectivity index (χ2v) is 3.29. The molecule has 1 fully saturated rings. The number of hydrogen-bond acceptors (Lipinski definition) is 1. The number of rotatable bonds is 0.